The zero-order chi connectivity index (χ0) is 14.8. The number of thiophene rings is 1. The molecule has 1 unspecified atom stereocenters. The molecular formula is C15H22ClN3O2S. The van der Waals surface area contributed by atoms with Crippen LogP contribution in [-0.4, -0.2) is 60.9 Å². The SMILES string of the molecule is Cc1ccc(C(=O)N2CCN(C(=O)C3CCNC3)CC2)s1.Cl. The average molecular weight is 344 g/mol. The van der Waals surface area contributed by atoms with Gasteiger partial charge in [0.15, 0.2) is 0 Å². The van der Waals surface area contributed by atoms with Crippen LogP contribution in [0.4, 0.5) is 0 Å². The molecule has 1 N–H and O–H groups in total. The van der Waals surface area contributed by atoms with Gasteiger partial charge in [-0.25, -0.2) is 0 Å². The Morgan fingerprint density at radius 1 is 1.18 bits per heavy atom. The normalized spacial score (nSPS) is 21.6. The molecule has 7 heteroatoms. The number of hydrogen-bond donors (Lipinski definition) is 1. The second-order valence-electron chi connectivity index (χ2n) is 5.72. The lowest BCUT2D eigenvalue weighted by Gasteiger charge is -2.35. The second-order valence-corrected chi connectivity index (χ2v) is 7.01. The van der Waals surface area contributed by atoms with Crippen molar-refractivity contribution in [3.63, 3.8) is 0 Å². The quantitative estimate of drug-likeness (QED) is 0.882. The number of aryl methyl sites for hydroxylation is 1. The van der Waals surface area contributed by atoms with E-state index < -0.39 is 0 Å². The van der Waals surface area contributed by atoms with Gasteiger partial charge in [0.1, 0.15) is 0 Å². The molecule has 0 saturated carbocycles. The van der Waals surface area contributed by atoms with Crippen LogP contribution in [0.1, 0.15) is 21.0 Å². The van der Waals surface area contributed by atoms with Crippen LogP contribution in [-0.2, 0) is 4.79 Å². The summed E-state index contributed by atoms with van der Waals surface area (Å²) >= 11 is 1.54. The van der Waals surface area contributed by atoms with Crippen LogP contribution < -0.4 is 5.32 Å². The van der Waals surface area contributed by atoms with Crippen molar-refractivity contribution in [2.24, 2.45) is 5.92 Å². The Hall–Kier alpha value is -1.11. The van der Waals surface area contributed by atoms with E-state index in [1.165, 1.54) is 11.3 Å². The molecule has 0 aliphatic carbocycles. The lowest BCUT2D eigenvalue weighted by atomic mass is 10.1. The van der Waals surface area contributed by atoms with Gasteiger partial charge in [-0.15, -0.1) is 23.7 Å². The maximum atomic E-state index is 12.4. The molecule has 0 aromatic carbocycles. The topological polar surface area (TPSA) is 52.7 Å². The molecule has 1 aromatic heterocycles. The number of carbonyl (C=O) groups excluding carboxylic acids is 2. The van der Waals surface area contributed by atoms with E-state index in [1.54, 1.807) is 0 Å². The van der Waals surface area contributed by atoms with Crippen LogP contribution in [0.2, 0.25) is 0 Å². The summed E-state index contributed by atoms with van der Waals surface area (Å²) in [4.78, 5) is 30.4. The Morgan fingerprint density at radius 3 is 2.41 bits per heavy atom. The Labute approximate surface area is 141 Å². The standard InChI is InChI=1S/C15H21N3O2S.ClH/c1-11-2-3-13(21-11)15(20)18-8-6-17(7-9-18)14(19)12-4-5-16-10-12;/h2-3,12,16H,4-10H2,1H3;1H. The first-order valence-corrected chi connectivity index (χ1v) is 8.32. The number of amides is 2. The number of nitrogens with one attached hydrogen (secondary N) is 1. The predicted molar refractivity (Wildman–Crippen MR) is 89.8 cm³/mol. The Balaban J connectivity index is 0.00000176. The summed E-state index contributed by atoms with van der Waals surface area (Å²) in [6, 6.07) is 3.87. The zero-order valence-electron chi connectivity index (χ0n) is 12.7. The van der Waals surface area contributed by atoms with E-state index in [2.05, 4.69) is 5.32 Å². The second kappa shape index (κ2) is 7.44. The van der Waals surface area contributed by atoms with E-state index in [4.69, 9.17) is 0 Å². The van der Waals surface area contributed by atoms with E-state index in [1.807, 2.05) is 28.9 Å². The molecule has 0 radical (unpaired) electrons. The van der Waals surface area contributed by atoms with Gasteiger partial charge in [0.25, 0.3) is 5.91 Å². The van der Waals surface area contributed by atoms with Crippen molar-refractivity contribution in [3.8, 4) is 0 Å². The third kappa shape index (κ3) is 3.62. The van der Waals surface area contributed by atoms with Gasteiger partial charge in [0.2, 0.25) is 5.91 Å². The highest BCUT2D eigenvalue weighted by Gasteiger charge is 2.30. The highest BCUT2D eigenvalue weighted by Crippen LogP contribution is 2.19. The van der Waals surface area contributed by atoms with Crippen LogP contribution >= 0.6 is 23.7 Å². The first kappa shape index (κ1) is 17.2. The minimum atomic E-state index is 0. The summed E-state index contributed by atoms with van der Waals surface area (Å²) in [5.74, 6) is 0.481. The molecular weight excluding hydrogens is 322 g/mol. The molecule has 1 atom stereocenters. The first-order valence-electron chi connectivity index (χ1n) is 7.50. The summed E-state index contributed by atoms with van der Waals surface area (Å²) < 4.78 is 0. The van der Waals surface area contributed by atoms with E-state index >= 15 is 0 Å². The molecule has 2 aliphatic rings. The van der Waals surface area contributed by atoms with Crippen molar-refractivity contribution in [1.82, 2.24) is 15.1 Å². The highest BCUT2D eigenvalue weighted by atomic mass is 35.5. The fourth-order valence-electron chi connectivity index (χ4n) is 2.96. The lowest BCUT2D eigenvalue weighted by molar-refractivity contribution is -0.136. The third-order valence-electron chi connectivity index (χ3n) is 4.24. The molecule has 5 nitrogen and oxygen atoms in total. The van der Waals surface area contributed by atoms with Gasteiger partial charge in [-0.3, -0.25) is 9.59 Å². The van der Waals surface area contributed by atoms with Gasteiger partial charge in [-0.2, -0.15) is 0 Å². The molecule has 0 spiro atoms. The third-order valence-corrected chi connectivity index (χ3v) is 5.23. The van der Waals surface area contributed by atoms with Crippen LogP contribution in [0.3, 0.4) is 0 Å². The van der Waals surface area contributed by atoms with E-state index in [9.17, 15) is 9.59 Å². The van der Waals surface area contributed by atoms with Crippen molar-refractivity contribution in [2.45, 2.75) is 13.3 Å². The maximum absolute atomic E-state index is 12.4. The van der Waals surface area contributed by atoms with Crippen LogP contribution in [0.25, 0.3) is 0 Å². The number of rotatable bonds is 2. The molecule has 22 heavy (non-hydrogen) atoms. The molecule has 3 heterocycles. The number of hydrogen-bond acceptors (Lipinski definition) is 4. The van der Waals surface area contributed by atoms with Gasteiger partial charge in [0.05, 0.1) is 10.8 Å². The van der Waals surface area contributed by atoms with E-state index in [0.717, 1.165) is 29.3 Å². The molecule has 122 valence electrons. The smallest absolute Gasteiger partial charge is 0.264 e. The van der Waals surface area contributed by atoms with Crippen molar-refractivity contribution in [2.75, 3.05) is 39.3 Å². The fraction of sp³-hybridized carbons (Fsp3) is 0.600. The van der Waals surface area contributed by atoms with Gasteiger partial charge in [-0.05, 0) is 32.0 Å². The molecule has 3 rings (SSSR count). The molecule has 1 aromatic rings. The van der Waals surface area contributed by atoms with Crippen LogP contribution in [0.5, 0.6) is 0 Å². The summed E-state index contributed by atoms with van der Waals surface area (Å²) in [5, 5.41) is 3.23. The number of piperazine rings is 1. The molecule has 0 bridgehead atoms. The van der Waals surface area contributed by atoms with E-state index in [0.29, 0.717) is 26.2 Å². The van der Waals surface area contributed by atoms with Crippen LogP contribution in [0, 0.1) is 12.8 Å². The lowest BCUT2D eigenvalue weighted by Crippen LogP contribution is -2.52. The molecule has 2 amide bonds. The first-order chi connectivity index (χ1) is 10.1. The monoisotopic (exact) mass is 343 g/mol. The molecule has 2 saturated heterocycles. The summed E-state index contributed by atoms with van der Waals surface area (Å²) in [5.41, 5.74) is 0. The predicted octanol–water partition coefficient (Wildman–Crippen LogP) is 1.37. The van der Waals surface area contributed by atoms with Crippen molar-refractivity contribution >= 4 is 35.6 Å². The molecule has 2 fully saturated rings. The largest absolute Gasteiger partial charge is 0.339 e. The van der Waals surface area contributed by atoms with Gasteiger partial charge in [0, 0.05) is 37.6 Å². The summed E-state index contributed by atoms with van der Waals surface area (Å²) in [7, 11) is 0. The number of halogens is 1. The molecule has 2 aliphatic heterocycles. The summed E-state index contributed by atoms with van der Waals surface area (Å²) in [6.45, 7) is 6.34. The van der Waals surface area contributed by atoms with Crippen molar-refractivity contribution in [1.29, 1.82) is 0 Å². The van der Waals surface area contributed by atoms with Crippen molar-refractivity contribution < 1.29 is 9.59 Å². The number of carbonyl (C=O) groups is 2. The Kier molecular flexibility index (Phi) is 5.83. The van der Waals surface area contributed by atoms with Gasteiger partial charge >= 0.3 is 0 Å². The maximum Gasteiger partial charge on any atom is 0.264 e. The zero-order valence-corrected chi connectivity index (χ0v) is 14.3. The van der Waals surface area contributed by atoms with Crippen molar-refractivity contribution in [3.05, 3.63) is 21.9 Å². The highest BCUT2D eigenvalue weighted by molar-refractivity contribution is 7.13. The van der Waals surface area contributed by atoms with Gasteiger partial charge < -0.3 is 15.1 Å². The van der Waals surface area contributed by atoms with Gasteiger partial charge in [-0.1, -0.05) is 0 Å². The van der Waals surface area contributed by atoms with E-state index in [-0.39, 0.29) is 30.1 Å². The fourth-order valence-corrected chi connectivity index (χ4v) is 3.79. The minimum absolute atomic E-state index is 0. The Bertz CT molecular complexity index is 535. The Morgan fingerprint density at radius 2 is 1.86 bits per heavy atom. The average Bonchev–Trinajstić information content (AvgIpc) is 3.17. The minimum Gasteiger partial charge on any atom is -0.339 e. The van der Waals surface area contributed by atoms with Crippen LogP contribution in [0.15, 0.2) is 12.1 Å². The summed E-state index contributed by atoms with van der Waals surface area (Å²) in [6.07, 6.45) is 0.937. The number of nitrogens with zero attached hydrogens (tertiary/aromatic N) is 2.